The van der Waals surface area contributed by atoms with Gasteiger partial charge in [-0.3, -0.25) is 0 Å². The summed E-state index contributed by atoms with van der Waals surface area (Å²) in [4.78, 5) is 0. The third-order valence-electron chi connectivity index (χ3n) is 2.51. The molecule has 0 aliphatic carbocycles. The molecular weight excluding hydrogens is 262 g/mol. The Bertz CT molecular complexity index is 437. The van der Waals surface area contributed by atoms with Gasteiger partial charge in [-0.25, -0.2) is 4.39 Å². The number of rotatable bonds is 3. The molecule has 2 N–H and O–H groups in total. The van der Waals surface area contributed by atoms with Gasteiger partial charge < -0.3 is 10.4 Å². The maximum absolute atomic E-state index is 13.3. The number of aliphatic hydroxyl groups excluding tert-OH is 1. The number of alkyl halides is 3. The van der Waals surface area contributed by atoms with Gasteiger partial charge in [-0.1, -0.05) is 6.07 Å². The van der Waals surface area contributed by atoms with Crippen molar-refractivity contribution >= 4 is 0 Å². The Morgan fingerprint density at radius 2 is 1.79 bits per heavy atom. The molecular formula is C13H17F4NO. The van der Waals surface area contributed by atoms with E-state index >= 15 is 0 Å². The molecule has 19 heavy (non-hydrogen) atoms. The van der Waals surface area contributed by atoms with Gasteiger partial charge in [0, 0.05) is 12.1 Å². The molecule has 0 saturated heterocycles. The summed E-state index contributed by atoms with van der Waals surface area (Å²) in [6.45, 7) is 5.78. The van der Waals surface area contributed by atoms with E-state index in [0.29, 0.717) is 6.07 Å². The lowest BCUT2D eigenvalue weighted by Crippen LogP contribution is -2.38. The molecule has 1 aromatic carbocycles. The summed E-state index contributed by atoms with van der Waals surface area (Å²) in [5, 5.41) is 12.8. The molecule has 1 aromatic rings. The Balaban J connectivity index is 2.83. The second kappa shape index (κ2) is 5.46. The fraction of sp³-hybridized carbons (Fsp3) is 0.538. The van der Waals surface area contributed by atoms with Crippen LogP contribution in [-0.2, 0) is 6.18 Å². The van der Waals surface area contributed by atoms with Crippen molar-refractivity contribution in [2.75, 3.05) is 6.54 Å². The zero-order chi connectivity index (χ0) is 14.8. The Kier molecular flexibility index (Phi) is 4.58. The van der Waals surface area contributed by atoms with E-state index in [0.717, 1.165) is 12.1 Å². The first kappa shape index (κ1) is 15.9. The largest absolute Gasteiger partial charge is 0.419 e. The summed E-state index contributed by atoms with van der Waals surface area (Å²) in [6.07, 6.45) is -5.78. The van der Waals surface area contributed by atoms with Crippen LogP contribution in [0.4, 0.5) is 17.6 Å². The quantitative estimate of drug-likeness (QED) is 0.832. The molecule has 2 nitrogen and oxygen atoms in total. The van der Waals surface area contributed by atoms with Gasteiger partial charge in [0.15, 0.2) is 0 Å². The van der Waals surface area contributed by atoms with Crippen molar-refractivity contribution < 1.29 is 22.7 Å². The Morgan fingerprint density at radius 1 is 1.21 bits per heavy atom. The summed E-state index contributed by atoms with van der Waals surface area (Å²) in [5.41, 5.74) is -1.46. The lowest BCUT2D eigenvalue weighted by Gasteiger charge is -2.23. The molecule has 0 amide bonds. The summed E-state index contributed by atoms with van der Waals surface area (Å²) >= 11 is 0. The summed E-state index contributed by atoms with van der Waals surface area (Å²) in [5.74, 6) is -1.38. The van der Waals surface area contributed by atoms with Crippen LogP contribution >= 0.6 is 0 Å². The standard InChI is InChI=1S/C13H17F4NO/c1-12(2,3)18-7-11(19)8-4-5-9(10(14)6-8)13(15,16)17/h4-6,11,18-19H,7H2,1-3H3. The molecule has 0 spiro atoms. The van der Waals surface area contributed by atoms with E-state index in [1.54, 1.807) is 0 Å². The maximum Gasteiger partial charge on any atom is 0.419 e. The second-order valence-electron chi connectivity index (χ2n) is 5.38. The first-order valence-corrected chi connectivity index (χ1v) is 5.80. The van der Waals surface area contributed by atoms with E-state index < -0.39 is 23.7 Å². The first-order chi connectivity index (χ1) is 8.50. The van der Waals surface area contributed by atoms with Gasteiger partial charge in [0.05, 0.1) is 11.7 Å². The number of halogens is 4. The predicted molar refractivity (Wildman–Crippen MR) is 64.1 cm³/mol. The summed E-state index contributed by atoms with van der Waals surface area (Å²) in [7, 11) is 0. The predicted octanol–water partition coefficient (Wildman–Crippen LogP) is 3.27. The average Bonchev–Trinajstić information content (AvgIpc) is 2.22. The van der Waals surface area contributed by atoms with E-state index in [1.807, 2.05) is 20.8 Å². The van der Waals surface area contributed by atoms with Gasteiger partial charge in [-0.15, -0.1) is 0 Å². The van der Waals surface area contributed by atoms with Gasteiger partial charge >= 0.3 is 6.18 Å². The van der Waals surface area contributed by atoms with Crippen molar-refractivity contribution in [1.29, 1.82) is 0 Å². The van der Waals surface area contributed by atoms with E-state index in [1.165, 1.54) is 0 Å². The lowest BCUT2D eigenvalue weighted by atomic mass is 10.0. The summed E-state index contributed by atoms with van der Waals surface area (Å²) < 4.78 is 50.4. The van der Waals surface area contributed by atoms with Crippen molar-refractivity contribution in [1.82, 2.24) is 5.32 Å². The fourth-order valence-corrected chi connectivity index (χ4v) is 1.49. The van der Waals surface area contributed by atoms with Crippen LogP contribution in [-0.4, -0.2) is 17.2 Å². The number of aliphatic hydroxyl groups is 1. The molecule has 1 unspecified atom stereocenters. The molecule has 0 aliphatic heterocycles. The van der Waals surface area contributed by atoms with Crippen LogP contribution in [0.5, 0.6) is 0 Å². The summed E-state index contributed by atoms with van der Waals surface area (Å²) in [6, 6.07) is 2.45. The Hall–Kier alpha value is -1.14. The highest BCUT2D eigenvalue weighted by atomic mass is 19.4. The van der Waals surface area contributed by atoms with Crippen molar-refractivity contribution in [3.05, 3.63) is 35.1 Å². The van der Waals surface area contributed by atoms with E-state index in [4.69, 9.17) is 0 Å². The number of benzene rings is 1. The second-order valence-corrected chi connectivity index (χ2v) is 5.38. The van der Waals surface area contributed by atoms with Crippen molar-refractivity contribution in [2.24, 2.45) is 0 Å². The molecule has 0 saturated carbocycles. The highest BCUT2D eigenvalue weighted by molar-refractivity contribution is 5.28. The molecule has 1 atom stereocenters. The number of hydrogen-bond donors (Lipinski definition) is 2. The van der Waals surface area contributed by atoms with E-state index in [2.05, 4.69) is 5.32 Å². The van der Waals surface area contributed by atoms with Crippen LogP contribution in [0.15, 0.2) is 18.2 Å². The minimum absolute atomic E-state index is 0.113. The highest BCUT2D eigenvalue weighted by Gasteiger charge is 2.34. The molecule has 108 valence electrons. The topological polar surface area (TPSA) is 32.3 Å². The van der Waals surface area contributed by atoms with E-state index in [-0.39, 0.29) is 17.6 Å². The van der Waals surface area contributed by atoms with Crippen LogP contribution in [0.2, 0.25) is 0 Å². The van der Waals surface area contributed by atoms with Gasteiger partial charge in [0.2, 0.25) is 0 Å². The van der Waals surface area contributed by atoms with Gasteiger partial charge in [-0.2, -0.15) is 13.2 Å². The first-order valence-electron chi connectivity index (χ1n) is 5.80. The molecule has 1 rings (SSSR count). The van der Waals surface area contributed by atoms with E-state index in [9.17, 15) is 22.7 Å². The van der Waals surface area contributed by atoms with Crippen LogP contribution in [0.1, 0.15) is 38.0 Å². The number of nitrogens with one attached hydrogen (secondary N) is 1. The molecule has 0 aliphatic rings. The molecule has 0 radical (unpaired) electrons. The molecule has 0 fully saturated rings. The van der Waals surface area contributed by atoms with Crippen LogP contribution < -0.4 is 5.32 Å². The minimum atomic E-state index is -4.72. The maximum atomic E-state index is 13.3. The highest BCUT2D eigenvalue weighted by Crippen LogP contribution is 2.32. The van der Waals surface area contributed by atoms with Crippen molar-refractivity contribution in [3.63, 3.8) is 0 Å². The fourth-order valence-electron chi connectivity index (χ4n) is 1.49. The zero-order valence-corrected chi connectivity index (χ0v) is 11.0. The smallest absolute Gasteiger partial charge is 0.387 e. The van der Waals surface area contributed by atoms with Crippen molar-refractivity contribution in [2.45, 2.75) is 38.6 Å². The Morgan fingerprint density at radius 3 is 2.21 bits per heavy atom. The zero-order valence-electron chi connectivity index (χ0n) is 11.0. The number of hydrogen-bond acceptors (Lipinski definition) is 2. The monoisotopic (exact) mass is 279 g/mol. The SMILES string of the molecule is CC(C)(C)NCC(O)c1ccc(C(F)(F)F)c(F)c1. The molecule has 0 aromatic heterocycles. The third-order valence-corrected chi connectivity index (χ3v) is 2.51. The van der Waals surface area contributed by atoms with Gasteiger partial charge in [0.25, 0.3) is 0 Å². The normalized spacial score (nSPS) is 14.5. The minimum Gasteiger partial charge on any atom is -0.387 e. The van der Waals surface area contributed by atoms with Crippen molar-refractivity contribution in [3.8, 4) is 0 Å². The van der Waals surface area contributed by atoms with Crippen LogP contribution in [0.3, 0.4) is 0 Å². The molecule has 0 bridgehead atoms. The molecule has 0 heterocycles. The average molecular weight is 279 g/mol. The lowest BCUT2D eigenvalue weighted by molar-refractivity contribution is -0.140. The van der Waals surface area contributed by atoms with Crippen LogP contribution in [0.25, 0.3) is 0 Å². The third kappa shape index (κ3) is 4.80. The van der Waals surface area contributed by atoms with Gasteiger partial charge in [-0.05, 0) is 38.5 Å². The Labute approximate surface area is 109 Å². The molecule has 6 heteroatoms. The van der Waals surface area contributed by atoms with Gasteiger partial charge in [0.1, 0.15) is 5.82 Å². The number of β-amino-alcohol motifs (C(OH)–C–C–N with tert-alkyl or cyclic N) is 1. The van der Waals surface area contributed by atoms with Crippen LogP contribution in [0, 0.1) is 5.82 Å².